The van der Waals surface area contributed by atoms with E-state index in [9.17, 15) is 17.6 Å². The van der Waals surface area contributed by atoms with Crippen LogP contribution < -0.4 is 0 Å². The average Bonchev–Trinajstić information content (AvgIpc) is 3.05. The zero-order valence-electron chi connectivity index (χ0n) is 29.0. The van der Waals surface area contributed by atoms with E-state index in [1.165, 1.54) is 51.4 Å². The van der Waals surface area contributed by atoms with Crippen molar-refractivity contribution in [3.05, 3.63) is 0 Å². The Morgan fingerprint density at radius 1 is 0.404 bits per heavy atom. The molecule has 0 bridgehead atoms. The highest BCUT2D eigenvalue weighted by Gasteiger charge is 2.72. The highest BCUT2D eigenvalue weighted by atomic mass is 19.3. The summed E-state index contributed by atoms with van der Waals surface area (Å²) >= 11 is 0. The molecule has 9 heteroatoms. The molecule has 4 fully saturated rings. The zero-order chi connectivity index (χ0) is 34.3. The van der Waals surface area contributed by atoms with Crippen molar-refractivity contribution >= 4 is 0 Å². The first-order valence-corrected chi connectivity index (χ1v) is 19.4. The molecule has 4 aliphatic rings. The van der Waals surface area contributed by atoms with Gasteiger partial charge < -0.3 is 0 Å². The van der Waals surface area contributed by atoms with Crippen LogP contribution in [0.15, 0.2) is 0 Å². The van der Waals surface area contributed by atoms with Gasteiger partial charge in [-0.2, -0.15) is 35.1 Å². The van der Waals surface area contributed by atoms with E-state index in [1.54, 1.807) is 0 Å². The van der Waals surface area contributed by atoms with Gasteiger partial charge in [-0.25, -0.2) is 4.74 Å². The molecule has 0 spiro atoms. The molecule has 4 aliphatic carbocycles. The molecular formula is C38H62F8O. The largest absolute Gasteiger partial charge is 0.424 e. The van der Waals surface area contributed by atoms with E-state index in [2.05, 4.69) is 18.6 Å². The standard InChI is InChI=1S/C38H62F8O/c1-3-5-7-9-27-11-15-29(16-12-27)31-19-23-33(24-20-31)35(39,40)37(43,44)47-38(45,46)36(41,42)34-25-21-32(22-26-34)30-17-13-28(14-18-30)10-8-6-4-2/h27-34H,3-26H2,1-2H3. The molecular weight excluding hydrogens is 624 g/mol. The lowest BCUT2D eigenvalue weighted by Crippen LogP contribution is -2.58. The summed E-state index contributed by atoms with van der Waals surface area (Å²) in [6, 6.07) is 0. The Morgan fingerprint density at radius 3 is 0.957 bits per heavy atom. The molecule has 47 heavy (non-hydrogen) atoms. The number of ether oxygens (including phenoxy) is 1. The van der Waals surface area contributed by atoms with Crippen LogP contribution in [0.2, 0.25) is 0 Å². The van der Waals surface area contributed by atoms with Gasteiger partial charge in [0, 0.05) is 11.8 Å². The fourth-order valence-corrected chi connectivity index (χ4v) is 9.94. The zero-order valence-corrected chi connectivity index (χ0v) is 29.0. The molecule has 0 aromatic heterocycles. The summed E-state index contributed by atoms with van der Waals surface area (Å²) < 4.78 is 123. The third kappa shape index (κ3) is 9.80. The van der Waals surface area contributed by atoms with Crippen LogP contribution in [0.1, 0.15) is 168 Å². The maximum absolute atomic E-state index is 15.1. The van der Waals surface area contributed by atoms with E-state index in [4.69, 9.17) is 0 Å². The van der Waals surface area contributed by atoms with E-state index in [0.717, 1.165) is 51.4 Å². The summed E-state index contributed by atoms with van der Waals surface area (Å²) in [7, 11) is 0. The van der Waals surface area contributed by atoms with Gasteiger partial charge >= 0.3 is 24.1 Å². The number of unbranched alkanes of at least 4 members (excludes halogenated alkanes) is 4. The molecule has 0 unspecified atom stereocenters. The average molecular weight is 687 g/mol. The highest BCUT2D eigenvalue weighted by Crippen LogP contribution is 2.55. The summed E-state index contributed by atoms with van der Waals surface area (Å²) in [5, 5.41) is 0. The van der Waals surface area contributed by atoms with E-state index >= 15 is 17.6 Å². The number of alkyl halides is 8. The molecule has 0 aromatic carbocycles. The molecule has 0 aromatic rings. The van der Waals surface area contributed by atoms with Crippen molar-refractivity contribution in [2.45, 2.75) is 192 Å². The van der Waals surface area contributed by atoms with E-state index < -0.39 is 35.9 Å². The van der Waals surface area contributed by atoms with Crippen molar-refractivity contribution in [2.24, 2.45) is 47.3 Å². The van der Waals surface area contributed by atoms with Gasteiger partial charge in [-0.3, -0.25) is 0 Å². The monoisotopic (exact) mass is 686 g/mol. The maximum atomic E-state index is 15.1. The van der Waals surface area contributed by atoms with Crippen molar-refractivity contribution < 1.29 is 39.9 Å². The van der Waals surface area contributed by atoms with Gasteiger partial charge in [-0.05, 0) is 113 Å². The van der Waals surface area contributed by atoms with Crippen LogP contribution in [0.4, 0.5) is 35.1 Å². The van der Waals surface area contributed by atoms with Crippen molar-refractivity contribution in [1.82, 2.24) is 0 Å². The second-order valence-electron chi connectivity index (χ2n) is 16.2. The lowest BCUT2D eigenvalue weighted by molar-refractivity contribution is -0.479. The number of hydrogen-bond acceptors (Lipinski definition) is 1. The summed E-state index contributed by atoms with van der Waals surface area (Å²) in [5.74, 6) is -11.3. The molecule has 0 heterocycles. The summed E-state index contributed by atoms with van der Waals surface area (Å²) in [6.45, 7) is 4.34. The van der Waals surface area contributed by atoms with Gasteiger partial charge in [0.15, 0.2) is 0 Å². The Morgan fingerprint density at radius 2 is 0.681 bits per heavy atom. The first-order chi connectivity index (χ1) is 22.2. The van der Waals surface area contributed by atoms with Crippen LogP contribution in [0.25, 0.3) is 0 Å². The van der Waals surface area contributed by atoms with E-state index in [-0.39, 0.29) is 37.5 Å². The number of halogens is 8. The fraction of sp³-hybridized carbons (Fsp3) is 1.00. The van der Waals surface area contributed by atoms with Gasteiger partial charge in [0.05, 0.1) is 0 Å². The molecule has 276 valence electrons. The van der Waals surface area contributed by atoms with Crippen molar-refractivity contribution in [1.29, 1.82) is 0 Å². The van der Waals surface area contributed by atoms with Crippen LogP contribution in [-0.2, 0) is 4.74 Å². The SMILES string of the molecule is CCCCCC1CCC(C2CCC(C(F)(F)C(F)(F)OC(F)(F)C(F)(F)C3CCC(C4CCC(CCCCC)CC4)CC3)CC2)CC1. The Bertz CT molecular complexity index is 821. The summed E-state index contributed by atoms with van der Waals surface area (Å²) in [4.78, 5) is 0. The maximum Gasteiger partial charge on any atom is 0.424 e. The molecule has 0 amide bonds. The third-order valence-electron chi connectivity index (χ3n) is 13.1. The first kappa shape index (κ1) is 39.2. The van der Waals surface area contributed by atoms with Gasteiger partial charge in [0.1, 0.15) is 0 Å². The van der Waals surface area contributed by atoms with Crippen molar-refractivity contribution in [3.8, 4) is 0 Å². The molecule has 4 saturated carbocycles. The molecule has 0 atom stereocenters. The van der Waals surface area contributed by atoms with Gasteiger partial charge in [0.2, 0.25) is 0 Å². The minimum atomic E-state index is -5.71. The van der Waals surface area contributed by atoms with Crippen LogP contribution in [0, 0.1) is 47.3 Å². The first-order valence-electron chi connectivity index (χ1n) is 19.4. The van der Waals surface area contributed by atoms with E-state index in [0.29, 0.717) is 49.4 Å². The molecule has 0 saturated heterocycles. The third-order valence-corrected chi connectivity index (χ3v) is 13.1. The normalized spacial score (nSPS) is 33.6. The predicted octanol–water partition coefficient (Wildman–Crippen LogP) is 13.8. The Labute approximate surface area is 279 Å². The second-order valence-corrected chi connectivity index (χ2v) is 16.2. The minimum absolute atomic E-state index is 0.148. The predicted molar refractivity (Wildman–Crippen MR) is 171 cm³/mol. The Hall–Kier alpha value is -0.600. The topological polar surface area (TPSA) is 9.23 Å². The van der Waals surface area contributed by atoms with Gasteiger partial charge in [-0.1, -0.05) is 90.9 Å². The van der Waals surface area contributed by atoms with Crippen LogP contribution >= 0.6 is 0 Å². The smallest absolute Gasteiger partial charge is 0.246 e. The number of rotatable bonds is 16. The van der Waals surface area contributed by atoms with Crippen molar-refractivity contribution in [2.75, 3.05) is 0 Å². The van der Waals surface area contributed by atoms with Gasteiger partial charge in [0.25, 0.3) is 0 Å². The van der Waals surface area contributed by atoms with Crippen molar-refractivity contribution in [3.63, 3.8) is 0 Å². The quantitative estimate of drug-likeness (QED) is 0.116. The Balaban J connectivity index is 1.23. The second kappa shape index (κ2) is 17.1. The molecule has 1 nitrogen and oxygen atoms in total. The summed E-state index contributed by atoms with van der Waals surface area (Å²) in [5.41, 5.74) is 0. The molecule has 4 rings (SSSR count). The van der Waals surface area contributed by atoms with Crippen LogP contribution in [0.5, 0.6) is 0 Å². The lowest BCUT2D eigenvalue weighted by atomic mass is 9.67. The number of hydrogen-bond donors (Lipinski definition) is 0. The van der Waals surface area contributed by atoms with E-state index in [1.807, 2.05) is 0 Å². The molecule has 0 radical (unpaired) electrons. The molecule has 0 aliphatic heterocycles. The fourth-order valence-electron chi connectivity index (χ4n) is 9.94. The van der Waals surface area contributed by atoms with Crippen LogP contribution in [0.3, 0.4) is 0 Å². The minimum Gasteiger partial charge on any atom is -0.246 e. The molecule has 0 N–H and O–H groups in total. The van der Waals surface area contributed by atoms with Gasteiger partial charge in [-0.15, -0.1) is 0 Å². The Kier molecular flexibility index (Phi) is 14.2. The highest BCUT2D eigenvalue weighted by molar-refractivity contribution is 4.95. The lowest BCUT2D eigenvalue weighted by Gasteiger charge is -2.43. The van der Waals surface area contributed by atoms with Crippen LogP contribution in [-0.4, -0.2) is 24.1 Å². The summed E-state index contributed by atoms with van der Waals surface area (Å²) in [6.07, 6.45) is 6.91.